The minimum absolute atomic E-state index is 1.01. The highest BCUT2D eigenvalue weighted by Gasteiger charge is 2.35. The molecule has 1 saturated carbocycles. The third-order valence-corrected chi connectivity index (χ3v) is 11.4. The van der Waals surface area contributed by atoms with E-state index in [2.05, 4.69) is 43.5 Å². The Hall–Kier alpha value is 0.394. The Morgan fingerprint density at radius 3 is 1.62 bits per heavy atom. The van der Waals surface area contributed by atoms with E-state index in [1.165, 1.54) is 38.6 Å². The molecule has 0 N–H and O–H groups in total. The Morgan fingerprint density at radius 1 is 0.812 bits per heavy atom. The molecule has 0 aliphatic heterocycles. The van der Waals surface area contributed by atoms with Crippen molar-refractivity contribution in [1.29, 1.82) is 0 Å². The summed E-state index contributed by atoms with van der Waals surface area (Å²) < 4.78 is 2.97. The van der Waals surface area contributed by atoms with Crippen LogP contribution in [0.3, 0.4) is 0 Å². The predicted octanol–water partition coefficient (Wildman–Crippen LogP) is 4.54. The lowest BCUT2D eigenvalue weighted by molar-refractivity contribution is 0.321. The van der Waals surface area contributed by atoms with Gasteiger partial charge >= 0.3 is 0 Å². The fourth-order valence-corrected chi connectivity index (χ4v) is 12.8. The van der Waals surface area contributed by atoms with Gasteiger partial charge in [-0.25, -0.2) is 0 Å². The second-order valence-corrected chi connectivity index (χ2v) is 17.7. The molecule has 16 heavy (non-hydrogen) atoms. The van der Waals surface area contributed by atoms with Gasteiger partial charge in [0, 0.05) is 0 Å². The van der Waals surface area contributed by atoms with Crippen molar-refractivity contribution in [2.75, 3.05) is 6.54 Å². The second kappa shape index (κ2) is 5.36. The van der Waals surface area contributed by atoms with E-state index in [0.717, 1.165) is 5.92 Å². The molecule has 0 bridgehead atoms. The van der Waals surface area contributed by atoms with Crippen LogP contribution in [0.5, 0.6) is 0 Å². The molecule has 0 saturated heterocycles. The summed E-state index contributed by atoms with van der Waals surface area (Å²) in [6.07, 6.45) is 7.43. The van der Waals surface area contributed by atoms with E-state index >= 15 is 0 Å². The van der Waals surface area contributed by atoms with Crippen LogP contribution in [0.25, 0.3) is 0 Å². The van der Waals surface area contributed by atoms with Crippen molar-refractivity contribution >= 4 is 16.5 Å². The van der Waals surface area contributed by atoms with Crippen LogP contribution in [0, 0.1) is 5.92 Å². The SMILES string of the molecule is C[Si](C)(C)N(CC1CCCCC1)[Si](C)(C)C. The van der Waals surface area contributed by atoms with Gasteiger partial charge in [0.2, 0.25) is 0 Å². The van der Waals surface area contributed by atoms with Crippen LogP contribution in [-0.4, -0.2) is 27.2 Å². The highest BCUT2D eigenvalue weighted by Crippen LogP contribution is 2.28. The topological polar surface area (TPSA) is 3.24 Å². The number of hydrogen-bond donors (Lipinski definition) is 0. The highest BCUT2D eigenvalue weighted by molar-refractivity contribution is 6.89. The van der Waals surface area contributed by atoms with Crippen LogP contribution < -0.4 is 0 Å². The van der Waals surface area contributed by atoms with Gasteiger partial charge in [-0.15, -0.1) is 0 Å². The molecule has 0 aromatic rings. The van der Waals surface area contributed by atoms with Crippen molar-refractivity contribution in [3.63, 3.8) is 0 Å². The molecule has 3 heteroatoms. The molecule has 0 radical (unpaired) electrons. The van der Waals surface area contributed by atoms with Gasteiger partial charge in [-0.1, -0.05) is 58.5 Å². The maximum Gasteiger partial charge on any atom is 0.112 e. The molecule has 1 aliphatic rings. The fourth-order valence-electron chi connectivity index (χ4n) is 3.18. The smallest absolute Gasteiger partial charge is 0.112 e. The lowest BCUT2D eigenvalue weighted by atomic mass is 9.89. The Labute approximate surface area is 105 Å². The average molecular weight is 258 g/mol. The zero-order chi connectivity index (χ0) is 12.4. The zero-order valence-corrected chi connectivity index (χ0v) is 14.3. The standard InChI is InChI=1S/C13H31NSi2/c1-15(2,3)14(16(4,5)6)12-13-10-8-7-9-11-13/h13H,7-12H2,1-6H3. The molecule has 0 aromatic carbocycles. The number of nitrogens with zero attached hydrogens (tertiary/aromatic N) is 1. The fraction of sp³-hybridized carbons (Fsp3) is 1.00. The zero-order valence-electron chi connectivity index (χ0n) is 12.3. The maximum atomic E-state index is 2.97. The Bertz CT molecular complexity index is 195. The largest absolute Gasteiger partial charge is 0.346 e. The average Bonchev–Trinajstić information content (AvgIpc) is 2.12. The molecule has 0 amide bonds. The first-order chi connectivity index (χ1) is 7.21. The van der Waals surface area contributed by atoms with E-state index in [1.54, 1.807) is 0 Å². The van der Waals surface area contributed by atoms with Crippen LogP contribution in [0.2, 0.25) is 39.3 Å². The molecule has 0 atom stereocenters. The van der Waals surface area contributed by atoms with E-state index in [0.29, 0.717) is 0 Å². The summed E-state index contributed by atoms with van der Waals surface area (Å²) in [6, 6.07) is 0. The first kappa shape index (κ1) is 14.5. The van der Waals surface area contributed by atoms with Gasteiger partial charge in [-0.05, 0) is 25.3 Å². The summed E-state index contributed by atoms with van der Waals surface area (Å²) in [4.78, 5) is 0. The lowest BCUT2D eigenvalue weighted by Gasteiger charge is -2.46. The molecule has 0 spiro atoms. The van der Waals surface area contributed by atoms with E-state index in [4.69, 9.17) is 0 Å². The molecule has 0 aromatic heterocycles. The van der Waals surface area contributed by atoms with Crippen LogP contribution in [0.15, 0.2) is 0 Å². The number of rotatable bonds is 4. The summed E-state index contributed by atoms with van der Waals surface area (Å²) in [7, 11) is -2.22. The Kier molecular flexibility index (Phi) is 4.84. The molecule has 96 valence electrons. The molecule has 1 aliphatic carbocycles. The summed E-state index contributed by atoms with van der Waals surface area (Å²) in [5, 5.41) is 0. The summed E-state index contributed by atoms with van der Waals surface area (Å²) >= 11 is 0. The van der Waals surface area contributed by atoms with Gasteiger partial charge < -0.3 is 4.23 Å². The molecule has 1 rings (SSSR count). The minimum Gasteiger partial charge on any atom is -0.346 e. The predicted molar refractivity (Wildman–Crippen MR) is 80.0 cm³/mol. The lowest BCUT2D eigenvalue weighted by Crippen LogP contribution is -2.60. The summed E-state index contributed by atoms with van der Waals surface area (Å²) in [5.41, 5.74) is 0. The summed E-state index contributed by atoms with van der Waals surface area (Å²) in [6.45, 7) is 16.5. The monoisotopic (exact) mass is 257 g/mol. The Balaban J connectivity index is 2.63. The van der Waals surface area contributed by atoms with Gasteiger partial charge in [0.1, 0.15) is 16.5 Å². The molecular weight excluding hydrogens is 226 g/mol. The van der Waals surface area contributed by atoms with E-state index in [9.17, 15) is 0 Å². The van der Waals surface area contributed by atoms with Crippen LogP contribution in [0.1, 0.15) is 32.1 Å². The van der Waals surface area contributed by atoms with Crippen LogP contribution in [-0.2, 0) is 0 Å². The van der Waals surface area contributed by atoms with Crippen molar-refractivity contribution in [1.82, 2.24) is 4.23 Å². The summed E-state index contributed by atoms with van der Waals surface area (Å²) in [5.74, 6) is 1.01. The molecule has 0 unspecified atom stereocenters. The quantitative estimate of drug-likeness (QED) is 0.669. The molecule has 1 fully saturated rings. The molecule has 0 heterocycles. The first-order valence-electron chi connectivity index (χ1n) is 6.99. The van der Waals surface area contributed by atoms with E-state index in [1.807, 2.05) is 0 Å². The molecule has 1 nitrogen and oxygen atoms in total. The Morgan fingerprint density at radius 2 is 1.25 bits per heavy atom. The van der Waals surface area contributed by atoms with Crippen molar-refractivity contribution < 1.29 is 0 Å². The third-order valence-electron chi connectivity index (χ3n) is 3.79. The van der Waals surface area contributed by atoms with Crippen molar-refractivity contribution in [3.05, 3.63) is 0 Å². The van der Waals surface area contributed by atoms with Gasteiger partial charge in [-0.3, -0.25) is 0 Å². The number of hydrogen-bond acceptors (Lipinski definition) is 1. The first-order valence-corrected chi connectivity index (χ1v) is 13.9. The van der Waals surface area contributed by atoms with Crippen molar-refractivity contribution in [2.24, 2.45) is 5.92 Å². The van der Waals surface area contributed by atoms with Gasteiger partial charge in [0.05, 0.1) is 0 Å². The van der Waals surface area contributed by atoms with E-state index < -0.39 is 16.5 Å². The van der Waals surface area contributed by atoms with Gasteiger partial charge in [0.25, 0.3) is 0 Å². The molecular formula is C13H31NSi2. The van der Waals surface area contributed by atoms with Crippen molar-refractivity contribution in [3.8, 4) is 0 Å². The van der Waals surface area contributed by atoms with Gasteiger partial charge in [-0.2, -0.15) is 0 Å². The van der Waals surface area contributed by atoms with Crippen LogP contribution in [0.4, 0.5) is 0 Å². The maximum absolute atomic E-state index is 2.97. The van der Waals surface area contributed by atoms with E-state index in [-0.39, 0.29) is 0 Å². The van der Waals surface area contributed by atoms with Crippen molar-refractivity contribution in [2.45, 2.75) is 71.4 Å². The van der Waals surface area contributed by atoms with Crippen LogP contribution >= 0.6 is 0 Å². The minimum atomic E-state index is -1.11. The third kappa shape index (κ3) is 4.34. The normalized spacial score (nSPS) is 20.4. The highest BCUT2D eigenvalue weighted by atomic mass is 28.4. The van der Waals surface area contributed by atoms with Gasteiger partial charge in [0.15, 0.2) is 0 Å². The second-order valence-electron chi connectivity index (χ2n) is 7.46.